The van der Waals surface area contributed by atoms with Crippen LogP contribution in [0.3, 0.4) is 0 Å². The third-order valence-corrected chi connectivity index (χ3v) is 1.58. The molecular weight excluding hydrogens is 152 g/mol. The molecule has 0 aliphatic heterocycles. The topological polar surface area (TPSA) is 46.3 Å². The van der Waals surface area contributed by atoms with E-state index in [4.69, 9.17) is 5.73 Å². The minimum absolute atomic E-state index is 0.433. The molecule has 0 aromatic heterocycles. The molecule has 0 saturated heterocycles. The molecule has 2 amide bonds. The molecule has 1 rings (SSSR count). The average molecular weight is 163 g/mol. The Bertz CT molecular complexity index is 258. The van der Waals surface area contributed by atoms with Crippen LogP contribution in [-0.4, -0.2) is 12.6 Å². The fraction of sp³-hybridized carbons (Fsp3) is 0.222. The number of hydrogen-bond acceptors (Lipinski definition) is 1. The van der Waals surface area contributed by atoms with Crippen LogP contribution in [0.25, 0.3) is 0 Å². The molecule has 0 aliphatic rings. The van der Waals surface area contributed by atoms with E-state index >= 15 is 0 Å². The fourth-order valence-electron chi connectivity index (χ4n) is 1.02. The Balaban J connectivity index is 2.88. The number of nitrogens with two attached hydrogens (primary N) is 1. The number of benzene rings is 1. The van der Waals surface area contributed by atoms with E-state index in [9.17, 15) is 4.79 Å². The number of amides is 2. The van der Waals surface area contributed by atoms with E-state index in [-0.39, 0.29) is 0 Å². The van der Waals surface area contributed by atoms with Crippen molar-refractivity contribution in [3.05, 3.63) is 30.3 Å². The first kappa shape index (κ1) is 8.59. The van der Waals surface area contributed by atoms with Gasteiger partial charge in [-0.25, -0.2) is 4.79 Å². The van der Waals surface area contributed by atoms with E-state index in [1.807, 2.05) is 19.1 Å². The maximum Gasteiger partial charge on any atom is 0.319 e. The van der Waals surface area contributed by atoms with Crippen molar-refractivity contribution in [2.24, 2.45) is 5.73 Å². The number of anilines is 1. The second-order valence-electron chi connectivity index (χ2n) is 2.34. The van der Waals surface area contributed by atoms with Gasteiger partial charge < -0.3 is 5.73 Å². The standard InChI is InChI=1S/C9H11N2O/c1-2-11(9(10)12)8-6-4-3-5-7-8/h3-4,6-7H,2H2,1H3,(H2,10,12). The van der Waals surface area contributed by atoms with Crippen LogP contribution in [-0.2, 0) is 0 Å². The van der Waals surface area contributed by atoms with Crippen molar-refractivity contribution in [1.82, 2.24) is 0 Å². The molecule has 1 radical (unpaired) electrons. The number of urea groups is 1. The molecule has 1 aromatic carbocycles. The number of nitrogens with zero attached hydrogens (tertiary/aromatic N) is 1. The summed E-state index contributed by atoms with van der Waals surface area (Å²) in [4.78, 5) is 12.3. The Labute approximate surface area is 71.8 Å². The summed E-state index contributed by atoms with van der Waals surface area (Å²) in [5.74, 6) is 0. The zero-order chi connectivity index (χ0) is 8.97. The third-order valence-electron chi connectivity index (χ3n) is 1.58. The molecule has 3 heteroatoms. The molecule has 0 spiro atoms. The zero-order valence-corrected chi connectivity index (χ0v) is 6.95. The highest BCUT2D eigenvalue weighted by atomic mass is 16.2. The smallest absolute Gasteiger partial charge is 0.319 e. The molecule has 0 saturated carbocycles. The van der Waals surface area contributed by atoms with Crippen molar-refractivity contribution in [1.29, 1.82) is 0 Å². The lowest BCUT2D eigenvalue weighted by molar-refractivity contribution is 0.254. The summed E-state index contributed by atoms with van der Waals surface area (Å²) in [6.45, 7) is 2.45. The lowest BCUT2D eigenvalue weighted by Crippen LogP contribution is -2.35. The predicted molar refractivity (Wildman–Crippen MR) is 47.9 cm³/mol. The Hall–Kier alpha value is -1.51. The molecule has 0 atom stereocenters. The van der Waals surface area contributed by atoms with Crippen molar-refractivity contribution < 1.29 is 4.79 Å². The van der Waals surface area contributed by atoms with E-state index in [1.165, 1.54) is 4.90 Å². The SMILES string of the molecule is CCN(C(N)=O)c1c[c]ccc1. The highest BCUT2D eigenvalue weighted by Crippen LogP contribution is 2.11. The monoisotopic (exact) mass is 163 g/mol. The van der Waals surface area contributed by atoms with Gasteiger partial charge in [-0.05, 0) is 25.1 Å². The third kappa shape index (κ3) is 1.75. The van der Waals surface area contributed by atoms with Gasteiger partial charge in [0.2, 0.25) is 0 Å². The first-order chi connectivity index (χ1) is 5.75. The zero-order valence-electron chi connectivity index (χ0n) is 6.95. The van der Waals surface area contributed by atoms with E-state index in [1.54, 1.807) is 12.1 Å². The molecule has 0 fully saturated rings. The number of rotatable bonds is 2. The first-order valence-electron chi connectivity index (χ1n) is 3.78. The second kappa shape index (κ2) is 3.76. The van der Waals surface area contributed by atoms with E-state index in [2.05, 4.69) is 6.07 Å². The van der Waals surface area contributed by atoms with Gasteiger partial charge in [-0.3, -0.25) is 4.90 Å². The predicted octanol–water partition coefficient (Wildman–Crippen LogP) is 1.39. The Morgan fingerprint density at radius 2 is 2.50 bits per heavy atom. The largest absolute Gasteiger partial charge is 0.351 e. The van der Waals surface area contributed by atoms with Crippen molar-refractivity contribution in [3.8, 4) is 0 Å². The molecule has 1 aromatic rings. The van der Waals surface area contributed by atoms with Crippen LogP contribution in [0, 0.1) is 6.07 Å². The van der Waals surface area contributed by atoms with Crippen molar-refractivity contribution in [2.45, 2.75) is 6.92 Å². The molecule has 12 heavy (non-hydrogen) atoms. The summed E-state index contributed by atoms with van der Waals surface area (Å²) in [5.41, 5.74) is 5.94. The van der Waals surface area contributed by atoms with Crippen LogP contribution in [0.15, 0.2) is 24.3 Å². The van der Waals surface area contributed by atoms with Crippen LogP contribution >= 0.6 is 0 Å². The molecule has 0 aliphatic carbocycles. The van der Waals surface area contributed by atoms with E-state index < -0.39 is 6.03 Å². The van der Waals surface area contributed by atoms with Gasteiger partial charge in [-0.1, -0.05) is 12.1 Å². The number of carbonyl (C=O) groups excluding carboxylic acids is 1. The molecular formula is C9H11N2O. The average Bonchev–Trinajstić information content (AvgIpc) is 2.07. The van der Waals surface area contributed by atoms with E-state index in [0.717, 1.165) is 5.69 Å². The number of primary amides is 1. The number of carbonyl (C=O) groups is 1. The minimum Gasteiger partial charge on any atom is -0.351 e. The van der Waals surface area contributed by atoms with Crippen LogP contribution in [0.4, 0.5) is 10.5 Å². The molecule has 3 nitrogen and oxygen atoms in total. The summed E-state index contributed by atoms with van der Waals surface area (Å²) in [6, 6.07) is 9.60. The Morgan fingerprint density at radius 3 is 2.92 bits per heavy atom. The van der Waals surface area contributed by atoms with Crippen molar-refractivity contribution in [2.75, 3.05) is 11.4 Å². The summed E-state index contributed by atoms with van der Waals surface area (Å²) in [6.07, 6.45) is 0. The van der Waals surface area contributed by atoms with E-state index in [0.29, 0.717) is 6.54 Å². The highest BCUT2D eigenvalue weighted by Gasteiger charge is 2.07. The maximum atomic E-state index is 10.9. The molecule has 0 unspecified atom stereocenters. The van der Waals surface area contributed by atoms with Gasteiger partial charge in [-0.15, -0.1) is 0 Å². The molecule has 0 bridgehead atoms. The Morgan fingerprint density at radius 1 is 1.75 bits per heavy atom. The van der Waals surface area contributed by atoms with Gasteiger partial charge in [0.15, 0.2) is 0 Å². The molecule has 0 heterocycles. The first-order valence-corrected chi connectivity index (χ1v) is 3.78. The van der Waals surface area contributed by atoms with Crippen LogP contribution < -0.4 is 10.6 Å². The lowest BCUT2D eigenvalue weighted by atomic mass is 10.3. The van der Waals surface area contributed by atoms with Gasteiger partial charge in [0.25, 0.3) is 0 Å². The van der Waals surface area contributed by atoms with Crippen LogP contribution in [0.5, 0.6) is 0 Å². The summed E-state index contributed by atoms with van der Waals surface area (Å²) in [5, 5.41) is 0. The molecule has 2 N–H and O–H groups in total. The quantitative estimate of drug-likeness (QED) is 0.703. The van der Waals surface area contributed by atoms with Crippen LogP contribution in [0.2, 0.25) is 0 Å². The normalized spacial score (nSPS) is 9.42. The molecule has 63 valence electrons. The van der Waals surface area contributed by atoms with Crippen molar-refractivity contribution >= 4 is 11.7 Å². The maximum absolute atomic E-state index is 10.9. The van der Waals surface area contributed by atoms with Gasteiger partial charge in [0.05, 0.1) is 0 Å². The summed E-state index contributed by atoms with van der Waals surface area (Å²) < 4.78 is 0. The fourth-order valence-corrected chi connectivity index (χ4v) is 1.02. The van der Waals surface area contributed by atoms with Gasteiger partial charge >= 0.3 is 6.03 Å². The Kier molecular flexibility index (Phi) is 2.69. The second-order valence-corrected chi connectivity index (χ2v) is 2.34. The summed E-state index contributed by atoms with van der Waals surface area (Å²) in [7, 11) is 0. The minimum atomic E-state index is -0.433. The van der Waals surface area contributed by atoms with Gasteiger partial charge in [-0.2, -0.15) is 0 Å². The van der Waals surface area contributed by atoms with Gasteiger partial charge in [0.1, 0.15) is 0 Å². The van der Waals surface area contributed by atoms with Crippen LogP contribution in [0.1, 0.15) is 6.92 Å². The lowest BCUT2D eigenvalue weighted by Gasteiger charge is -2.17. The van der Waals surface area contributed by atoms with Gasteiger partial charge in [0, 0.05) is 12.2 Å². The van der Waals surface area contributed by atoms with Crippen molar-refractivity contribution in [3.63, 3.8) is 0 Å². The number of hydrogen-bond donors (Lipinski definition) is 1. The summed E-state index contributed by atoms with van der Waals surface area (Å²) >= 11 is 0. The highest BCUT2D eigenvalue weighted by molar-refractivity contribution is 5.90.